The average Bonchev–Trinajstić information content (AvgIpc) is 3.34. The minimum Gasteiger partial charge on any atom is -0.467 e. The first kappa shape index (κ1) is 15.5. The van der Waals surface area contributed by atoms with Crippen molar-refractivity contribution in [1.82, 2.24) is 30.4 Å². The molecule has 4 heterocycles. The first-order chi connectivity index (χ1) is 11.8. The number of rotatable bonds is 6. The van der Waals surface area contributed by atoms with Crippen molar-refractivity contribution in [3.8, 4) is 10.8 Å². The second-order valence-electron chi connectivity index (χ2n) is 4.59. The van der Waals surface area contributed by atoms with Crippen molar-refractivity contribution in [3.05, 3.63) is 46.0 Å². The van der Waals surface area contributed by atoms with Crippen LogP contribution < -0.4 is 0 Å². The van der Waals surface area contributed by atoms with E-state index in [1.54, 1.807) is 22.3 Å². The van der Waals surface area contributed by atoms with Crippen LogP contribution in [0.3, 0.4) is 0 Å². The Hall–Kier alpha value is -1.98. The van der Waals surface area contributed by atoms with E-state index in [1.807, 2.05) is 24.3 Å². The maximum absolute atomic E-state index is 5.68. The molecule has 0 radical (unpaired) electrons. The van der Waals surface area contributed by atoms with Crippen LogP contribution in [0.25, 0.3) is 10.8 Å². The SMILES string of the molecule is Brc1ccc(-c2nnc(CSc3nnnn3Cc3ccco3)o2)s1. The molecule has 8 nitrogen and oxygen atoms in total. The average molecular weight is 425 g/mol. The standard InChI is InChI=1S/C13H9BrN6O2S2/c14-10-4-3-9(24-10)12-16-15-11(22-12)7-23-13-17-18-19-20(13)6-8-2-1-5-21-8/h1-5H,6-7H2. The minimum atomic E-state index is 0.473. The summed E-state index contributed by atoms with van der Waals surface area (Å²) in [5, 5.41) is 20.5. The molecule has 4 aromatic rings. The topological polar surface area (TPSA) is 95.7 Å². The van der Waals surface area contributed by atoms with Crippen molar-refractivity contribution in [2.75, 3.05) is 0 Å². The Balaban J connectivity index is 1.42. The zero-order valence-corrected chi connectivity index (χ0v) is 15.2. The highest BCUT2D eigenvalue weighted by atomic mass is 79.9. The number of aromatic nitrogens is 6. The fraction of sp³-hybridized carbons (Fsp3) is 0.154. The van der Waals surface area contributed by atoms with E-state index in [4.69, 9.17) is 8.83 Å². The van der Waals surface area contributed by atoms with Crippen LogP contribution in [-0.4, -0.2) is 30.4 Å². The largest absolute Gasteiger partial charge is 0.467 e. The van der Waals surface area contributed by atoms with Gasteiger partial charge in [-0.05, 0) is 50.6 Å². The number of hydrogen-bond acceptors (Lipinski definition) is 9. The summed E-state index contributed by atoms with van der Waals surface area (Å²) in [7, 11) is 0. The lowest BCUT2D eigenvalue weighted by Crippen LogP contribution is -2.03. The van der Waals surface area contributed by atoms with Gasteiger partial charge in [0.05, 0.1) is 20.7 Å². The molecule has 4 aromatic heterocycles. The number of thiophene rings is 1. The predicted molar refractivity (Wildman–Crippen MR) is 90.5 cm³/mol. The summed E-state index contributed by atoms with van der Waals surface area (Å²) in [5.41, 5.74) is 0. The lowest BCUT2D eigenvalue weighted by Gasteiger charge is -2.00. The number of tetrazole rings is 1. The van der Waals surface area contributed by atoms with Gasteiger partial charge in [-0.15, -0.1) is 26.6 Å². The molecule has 0 fully saturated rings. The molecule has 24 heavy (non-hydrogen) atoms. The highest BCUT2D eigenvalue weighted by Crippen LogP contribution is 2.31. The Morgan fingerprint density at radius 3 is 2.96 bits per heavy atom. The van der Waals surface area contributed by atoms with Gasteiger partial charge in [-0.1, -0.05) is 11.8 Å². The molecule has 0 atom stereocenters. The lowest BCUT2D eigenvalue weighted by molar-refractivity contribution is 0.462. The molecular formula is C13H9BrN6O2S2. The molecule has 11 heteroatoms. The first-order valence-electron chi connectivity index (χ1n) is 6.77. The third-order valence-electron chi connectivity index (χ3n) is 2.96. The maximum atomic E-state index is 5.68. The van der Waals surface area contributed by atoms with Gasteiger partial charge in [0.25, 0.3) is 5.89 Å². The molecule has 0 bridgehead atoms. The van der Waals surface area contributed by atoms with Gasteiger partial charge in [-0.3, -0.25) is 0 Å². The van der Waals surface area contributed by atoms with Gasteiger partial charge < -0.3 is 8.83 Å². The van der Waals surface area contributed by atoms with E-state index in [-0.39, 0.29) is 0 Å². The molecule has 0 saturated heterocycles. The number of nitrogens with zero attached hydrogens (tertiary/aromatic N) is 6. The van der Waals surface area contributed by atoms with Crippen LogP contribution in [0.5, 0.6) is 0 Å². The summed E-state index contributed by atoms with van der Waals surface area (Å²) in [6.45, 7) is 0.473. The van der Waals surface area contributed by atoms with Crippen LogP contribution in [-0.2, 0) is 12.3 Å². The summed E-state index contributed by atoms with van der Waals surface area (Å²) < 4.78 is 13.7. The van der Waals surface area contributed by atoms with E-state index in [2.05, 4.69) is 41.7 Å². The summed E-state index contributed by atoms with van der Waals surface area (Å²) in [5.74, 6) is 2.30. The van der Waals surface area contributed by atoms with Crippen LogP contribution in [0, 0.1) is 0 Å². The van der Waals surface area contributed by atoms with Crippen molar-refractivity contribution in [3.63, 3.8) is 0 Å². The molecule has 0 aliphatic heterocycles. The normalized spacial score (nSPS) is 11.2. The Labute approximate surface area is 152 Å². The molecule has 0 saturated carbocycles. The number of furan rings is 1. The highest BCUT2D eigenvalue weighted by Gasteiger charge is 2.14. The quantitative estimate of drug-likeness (QED) is 0.434. The fourth-order valence-electron chi connectivity index (χ4n) is 1.92. The molecular weight excluding hydrogens is 416 g/mol. The first-order valence-corrected chi connectivity index (χ1v) is 9.37. The second-order valence-corrected chi connectivity index (χ2v) is 8.00. The molecule has 0 amide bonds. The van der Waals surface area contributed by atoms with Crippen LogP contribution >= 0.6 is 39.0 Å². The molecule has 0 unspecified atom stereocenters. The summed E-state index contributed by atoms with van der Waals surface area (Å²) in [4.78, 5) is 0.924. The van der Waals surface area contributed by atoms with Crippen molar-refractivity contribution < 1.29 is 8.83 Å². The van der Waals surface area contributed by atoms with Gasteiger partial charge in [0.15, 0.2) is 0 Å². The van der Waals surface area contributed by atoms with Gasteiger partial charge in [0.1, 0.15) is 12.3 Å². The zero-order chi connectivity index (χ0) is 16.4. The summed E-state index contributed by atoms with van der Waals surface area (Å²) in [6.07, 6.45) is 1.62. The molecule has 0 aliphatic carbocycles. The monoisotopic (exact) mass is 424 g/mol. The summed E-state index contributed by atoms with van der Waals surface area (Å²) in [6, 6.07) is 7.58. The van der Waals surface area contributed by atoms with Crippen LogP contribution in [0.1, 0.15) is 11.7 Å². The lowest BCUT2D eigenvalue weighted by atomic mass is 10.4. The Bertz CT molecular complexity index is 932. The second kappa shape index (κ2) is 6.87. The molecule has 0 N–H and O–H groups in total. The molecule has 0 spiro atoms. The van der Waals surface area contributed by atoms with E-state index in [1.165, 1.54) is 11.8 Å². The molecule has 0 aromatic carbocycles. The van der Waals surface area contributed by atoms with Crippen LogP contribution in [0.15, 0.2) is 48.3 Å². The Morgan fingerprint density at radius 1 is 1.21 bits per heavy atom. The third-order valence-corrected chi connectivity index (χ3v) is 5.51. The van der Waals surface area contributed by atoms with Crippen LogP contribution in [0.4, 0.5) is 0 Å². The number of hydrogen-bond donors (Lipinski definition) is 0. The van der Waals surface area contributed by atoms with Crippen molar-refractivity contribution in [2.24, 2.45) is 0 Å². The highest BCUT2D eigenvalue weighted by molar-refractivity contribution is 9.11. The van der Waals surface area contributed by atoms with E-state index >= 15 is 0 Å². The van der Waals surface area contributed by atoms with Gasteiger partial charge in [-0.25, -0.2) is 4.68 Å². The number of thioether (sulfide) groups is 1. The van der Waals surface area contributed by atoms with E-state index in [0.717, 1.165) is 14.4 Å². The molecule has 0 aliphatic rings. The Morgan fingerprint density at radius 2 is 2.17 bits per heavy atom. The third kappa shape index (κ3) is 3.42. The van der Waals surface area contributed by atoms with Gasteiger partial charge in [0, 0.05) is 0 Å². The molecule has 122 valence electrons. The Kier molecular flexibility index (Phi) is 4.45. The van der Waals surface area contributed by atoms with Crippen molar-refractivity contribution in [1.29, 1.82) is 0 Å². The molecule has 4 rings (SSSR count). The van der Waals surface area contributed by atoms with E-state index in [0.29, 0.717) is 29.2 Å². The van der Waals surface area contributed by atoms with Crippen molar-refractivity contribution in [2.45, 2.75) is 17.5 Å². The zero-order valence-electron chi connectivity index (χ0n) is 12.0. The summed E-state index contributed by atoms with van der Waals surface area (Å²) >= 11 is 6.38. The minimum absolute atomic E-state index is 0.473. The fourth-order valence-corrected chi connectivity index (χ4v) is 3.94. The number of halogens is 1. The van der Waals surface area contributed by atoms with Crippen molar-refractivity contribution >= 4 is 39.0 Å². The van der Waals surface area contributed by atoms with E-state index in [9.17, 15) is 0 Å². The van der Waals surface area contributed by atoms with Gasteiger partial charge in [-0.2, -0.15) is 0 Å². The van der Waals surface area contributed by atoms with Gasteiger partial charge >= 0.3 is 0 Å². The predicted octanol–water partition coefficient (Wildman–Crippen LogP) is 3.48. The smallest absolute Gasteiger partial charge is 0.257 e. The van der Waals surface area contributed by atoms with E-state index < -0.39 is 0 Å². The van der Waals surface area contributed by atoms with Gasteiger partial charge in [0.2, 0.25) is 11.0 Å². The maximum Gasteiger partial charge on any atom is 0.257 e. The van der Waals surface area contributed by atoms with Crippen LogP contribution in [0.2, 0.25) is 0 Å².